The fourth-order valence-electron chi connectivity index (χ4n) is 2.71. The van der Waals surface area contributed by atoms with E-state index in [0.29, 0.717) is 0 Å². The predicted octanol–water partition coefficient (Wildman–Crippen LogP) is 3.73. The number of aryl methyl sites for hydroxylation is 2. The van der Waals surface area contributed by atoms with Gasteiger partial charge in [0.15, 0.2) is 0 Å². The van der Waals surface area contributed by atoms with Crippen LogP contribution in [0, 0.1) is 12.3 Å². The third-order valence-electron chi connectivity index (χ3n) is 3.71. The Labute approximate surface area is 122 Å². The van der Waals surface area contributed by atoms with Gasteiger partial charge in [0, 0.05) is 19.2 Å². The second-order valence-electron chi connectivity index (χ2n) is 5.89. The smallest absolute Gasteiger partial charge is 0.130 e. The van der Waals surface area contributed by atoms with E-state index in [0.717, 1.165) is 30.4 Å². The van der Waals surface area contributed by atoms with E-state index in [1.165, 1.54) is 24.8 Å². The van der Waals surface area contributed by atoms with Gasteiger partial charge in [-0.3, -0.25) is 4.68 Å². The van der Waals surface area contributed by atoms with Gasteiger partial charge in [0.05, 0.1) is 5.69 Å². The Balaban J connectivity index is 2.81. The zero-order valence-corrected chi connectivity index (χ0v) is 13.8. The van der Waals surface area contributed by atoms with Crippen LogP contribution in [-0.2, 0) is 13.5 Å². The average molecular weight is 286 g/mol. The first-order chi connectivity index (χ1) is 8.93. The van der Waals surface area contributed by atoms with Crippen molar-refractivity contribution in [2.24, 2.45) is 12.5 Å². The minimum absolute atomic E-state index is 0.251. The first-order valence-electron chi connectivity index (χ1n) is 7.32. The van der Waals surface area contributed by atoms with Crippen LogP contribution in [-0.4, -0.2) is 22.9 Å². The van der Waals surface area contributed by atoms with Crippen LogP contribution in [0.2, 0.25) is 5.15 Å². The van der Waals surface area contributed by atoms with Crippen LogP contribution in [0.1, 0.15) is 51.3 Å². The van der Waals surface area contributed by atoms with Gasteiger partial charge in [0.2, 0.25) is 0 Å². The molecule has 0 saturated heterocycles. The van der Waals surface area contributed by atoms with Crippen molar-refractivity contribution in [1.82, 2.24) is 15.1 Å². The zero-order valence-electron chi connectivity index (χ0n) is 13.0. The van der Waals surface area contributed by atoms with Crippen LogP contribution in [0.3, 0.4) is 0 Å². The Morgan fingerprint density at radius 2 is 2.00 bits per heavy atom. The maximum Gasteiger partial charge on any atom is 0.130 e. The zero-order chi connectivity index (χ0) is 14.5. The van der Waals surface area contributed by atoms with Crippen molar-refractivity contribution in [1.29, 1.82) is 0 Å². The van der Waals surface area contributed by atoms with E-state index >= 15 is 0 Å². The summed E-state index contributed by atoms with van der Waals surface area (Å²) in [6.07, 6.45) is 4.57. The highest BCUT2D eigenvalue weighted by Gasteiger charge is 2.26. The van der Waals surface area contributed by atoms with Crippen LogP contribution in [0.25, 0.3) is 0 Å². The second-order valence-corrected chi connectivity index (χ2v) is 6.25. The Hall–Kier alpha value is -0.540. The molecule has 0 aliphatic rings. The molecule has 0 bridgehead atoms. The number of rotatable bonds is 8. The molecule has 1 heterocycles. The summed E-state index contributed by atoms with van der Waals surface area (Å²) in [7, 11) is 1.91. The fraction of sp³-hybridized carbons (Fsp3) is 0.800. The number of nitrogens with zero attached hydrogens (tertiary/aromatic N) is 2. The molecule has 3 nitrogen and oxygen atoms in total. The van der Waals surface area contributed by atoms with Gasteiger partial charge in [-0.2, -0.15) is 5.10 Å². The molecule has 19 heavy (non-hydrogen) atoms. The van der Waals surface area contributed by atoms with E-state index in [1.54, 1.807) is 4.68 Å². The molecule has 0 radical (unpaired) electrons. The van der Waals surface area contributed by atoms with Gasteiger partial charge in [0.25, 0.3) is 0 Å². The van der Waals surface area contributed by atoms with Gasteiger partial charge in [-0.05, 0) is 38.1 Å². The van der Waals surface area contributed by atoms with Crippen molar-refractivity contribution < 1.29 is 0 Å². The van der Waals surface area contributed by atoms with Crippen LogP contribution in [0.5, 0.6) is 0 Å². The molecule has 4 heteroatoms. The number of hydrogen-bond acceptors (Lipinski definition) is 2. The number of halogens is 1. The van der Waals surface area contributed by atoms with Gasteiger partial charge >= 0.3 is 0 Å². The largest absolute Gasteiger partial charge is 0.316 e. The van der Waals surface area contributed by atoms with Gasteiger partial charge in [-0.1, -0.05) is 38.8 Å². The van der Waals surface area contributed by atoms with Crippen molar-refractivity contribution in [3.63, 3.8) is 0 Å². The quantitative estimate of drug-likeness (QED) is 0.738. The number of hydrogen-bond donors (Lipinski definition) is 1. The Kier molecular flexibility index (Phi) is 6.34. The van der Waals surface area contributed by atoms with Crippen molar-refractivity contribution in [2.75, 3.05) is 13.1 Å². The number of aromatic nitrogens is 2. The van der Waals surface area contributed by atoms with E-state index in [-0.39, 0.29) is 5.41 Å². The summed E-state index contributed by atoms with van der Waals surface area (Å²) in [4.78, 5) is 0. The Morgan fingerprint density at radius 3 is 2.47 bits per heavy atom. The lowest BCUT2D eigenvalue weighted by Gasteiger charge is -2.30. The van der Waals surface area contributed by atoms with E-state index in [4.69, 9.17) is 11.6 Å². The molecule has 1 aromatic rings. The van der Waals surface area contributed by atoms with E-state index in [9.17, 15) is 0 Å². The molecule has 0 spiro atoms. The molecule has 1 N–H and O–H groups in total. The molecule has 1 aromatic heterocycles. The second kappa shape index (κ2) is 7.30. The summed E-state index contributed by atoms with van der Waals surface area (Å²) in [5.74, 6) is 0. The molecule has 1 rings (SSSR count). The number of nitrogens with one attached hydrogen (secondary N) is 1. The average Bonchev–Trinajstić information content (AvgIpc) is 2.57. The fourth-order valence-corrected chi connectivity index (χ4v) is 2.95. The summed E-state index contributed by atoms with van der Waals surface area (Å²) >= 11 is 6.36. The maximum atomic E-state index is 6.36. The lowest BCUT2D eigenvalue weighted by Crippen LogP contribution is -2.34. The van der Waals surface area contributed by atoms with Crippen LogP contribution >= 0.6 is 11.6 Å². The van der Waals surface area contributed by atoms with Gasteiger partial charge < -0.3 is 5.32 Å². The lowest BCUT2D eigenvalue weighted by atomic mass is 9.79. The minimum Gasteiger partial charge on any atom is -0.316 e. The Bertz CT molecular complexity index is 400. The first kappa shape index (κ1) is 16.5. The summed E-state index contributed by atoms with van der Waals surface area (Å²) in [6, 6.07) is 0. The first-order valence-corrected chi connectivity index (χ1v) is 7.70. The van der Waals surface area contributed by atoms with Gasteiger partial charge in [0.1, 0.15) is 5.15 Å². The van der Waals surface area contributed by atoms with E-state index < -0.39 is 0 Å². The molecule has 0 aliphatic carbocycles. The van der Waals surface area contributed by atoms with E-state index in [2.05, 4.69) is 31.2 Å². The lowest BCUT2D eigenvalue weighted by molar-refractivity contribution is 0.275. The van der Waals surface area contributed by atoms with Gasteiger partial charge in [-0.15, -0.1) is 0 Å². The standard InChI is InChI=1S/C15H28ClN3/c1-6-8-15(4,11-17-9-7-2)10-13-12(3)18-19(5)14(13)16/h17H,6-11H2,1-5H3. The molecule has 1 atom stereocenters. The predicted molar refractivity (Wildman–Crippen MR) is 82.8 cm³/mol. The highest BCUT2D eigenvalue weighted by atomic mass is 35.5. The SMILES string of the molecule is CCCNCC(C)(CCC)Cc1c(C)nn(C)c1Cl. The van der Waals surface area contributed by atoms with Crippen molar-refractivity contribution >= 4 is 11.6 Å². The molecule has 0 amide bonds. The van der Waals surface area contributed by atoms with Crippen LogP contribution < -0.4 is 5.32 Å². The van der Waals surface area contributed by atoms with Crippen molar-refractivity contribution in [2.45, 2.75) is 53.4 Å². The molecular formula is C15H28ClN3. The van der Waals surface area contributed by atoms with Crippen LogP contribution in [0.15, 0.2) is 0 Å². The molecular weight excluding hydrogens is 258 g/mol. The molecule has 0 aromatic carbocycles. The van der Waals surface area contributed by atoms with Crippen LogP contribution in [0.4, 0.5) is 0 Å². The maximum absolute atomic E-state index is 6.36. The highest BCUT2D eigenvalue weighted by molar-refractivity contribution is 6.30. The Morgan fingerprint density at radius 1 is 1.32 bits per heavy atom. The van der Waals surface area contributed by atoms with Gasteiger partial charge in [-0.25, -0.2) is 0 Å². The third kappa shape index (κ3) is 4.50. The minimum atomic E-state index is 0.251. The monoisotopic (exact) mass is 285 g/mol. The molecule has 110 valence electrons. The summed E-state index contributed by atoms with van der Waals surface area (Å²) < 4.78 is 1.78. The normalized spacial score (nSPS) is 14.6. The van der Waals surface area contributed by atoms with Crippen molar-refractivity contribution in [3.8, 4) is 0 Å². The third-order valence-corrected chi connectivity index (χ3v) is 4.18. The van der Waals surface area contributed by atoms with Crippen molar-refractivity contribution in [3.05, 3.63) is 16.4 Å². The molecule has 1 unspecified atom stereocenters. The summed E-state index contributed by atoms with van der Waals surface area (Å²) in [5.41, 5.74) is 2.52. The summed E-state index contributed by atoms with van der Waals surface area (Å²) in [6.45, 7) is 11.0. The molecule has 0 fully saturated rings. The summed E-state index contributed by atoms with van der Waals surface area (Å²) in [5, 5.41) is 8.76. The highest BCUT2D eigenvalue weighted by Crippen LogP contribution is 2.32. The molecule has 0 aliphatic heterocycles. The van der Waals surface area contributed by atoms with E-state index in [1.807, 2.05) is 14.0 Å². The molecule has 0 saturated carbocycles. The topological polar surface area (TPSA) is 29.9 Å².